The maximum absolute atomic E-state index is 5.68. The van der Waals surface area contributed by atoms with Crippen molar-refractivity contribution in [2.24, 2.45) is 5.73 Å². The van der Waals surface area contributed by atoms with Crippen LogP contribution in [0.5, 0.6) is 0 Å². The average molecular weight is 206 g/mol. The number of rotatable bonds is 3. The standard InChI is InChI=1S/C11H18N4/c1-2-8-10-7(5-6-12)3-4-9(10)15-11(13)14-8/h7H,2-6,12H2,1H3,(H2,13,14,15). The van der Waals surface area contributed by atoms with Crippen molar-refractivity contribution in [2.75, 3.05) is 12.3 Å². The Morgan fingerprint density at radius 3 is 2.87 bits per heavy atom. The molecule has 4 heteroatoms. The van der Waals surface area contributed by atoms with E-state index >= 15 is 0 Å². The van der Waals surface area contributed by atoms with Crippen molar-refractivity contribution in [1.29, 1.82) is 0 Å². The molecule has 1 aromatic rings. The van der Waals surface area contributed by atoms with Gasteiger partial charge in [0.15, 0.2) is 0 Å². The van der Waals surface area contributed by atoms with Gasteiger partial charge in [0.05, 0.1) is 0 Å². The summed E-state index contributed by atoms with van der Waals surface area (Å²) in [5.41, 5.74) is 14.9. The molecule has 0 spiro atoms. The Kier molecular flexibility index (Phi) is 2.86. The van der Waals surface area contributed by atoms with Gasteiger partial charge in [0, 0.05) is 11.4 Å². The number of hydrogen-bond acceptors (Lipinski definition) is 4. The summed E-state index contributed by atoms with van der Waals surface area (Å²) >= 11 is 0. The van der Waals surface area contributed by atoms with Gasteiger partial charge in [-0.3, -0.25) is 0 Å². The van der Waals surface area contributed by atoms with Crippen LogP contribution in [0.4, 0.5) is 5.95 Å². The zero-order valence-corrected chi connectivity index (χ0v) is 9.16. The van der Waals surface area contributed by atoms with Crippen molar-refractivity contribution in [3.05, 3.63) is 17.0 Å². The lowest BCUT2D eigenvalue weighted by Crippen LogP contribution is -2.09. The first kappa shape index (κ1) is 10.4. The van der Waals surface area contributed by atoms with Crippen LogP contribution in [0.2, 0.25) is 0 Å². The summed E-state index contributed by atoms with van der Waals surface area (Å²) in [7, 11) is 0. The summed E-state index contributed by atoms with van der Waals surface area (Å²) in [4.78, 5) is 8.64. The molecular formula is C11H18N4. The predicted molar refractivity (Wildman–Crippen MR) is 60.6 cm³/mol. The number of aryl methyl sites for hydroxylation is 2. The highest BCUT2D eigenvalue weighted by atomic mass is 15.0. The third kappa shape index (κ3) is 1.81. The first-order chi connectivity index (χ1) is 7.26. The molecule has 82 valence electrons. The molecule has 1 aliphatic carbocycles. The molecule has 0 bridgehead atoms. The van der Waals surface area contributed by atoms with Crippen LogP contribution in [-0.2, 0) is 12.8 Å². The van der Waals surface area contributed by atoms with Crippen LogP contribution < -0.4 is 11.5 Å². The van der Waals surface area contributed by atoms with E-state index in [2.05, 4.69) is 16.9 Å². The first-order valence-electron chi connectivity index (χ1n) is 5.61. The maximum Gasteiger partial charge on any atom is 0.220 e. The van der Waals surface area contributed by atoms with E-state index in [4.69, 9.17) is 11.5 Å². The van der Waals surface area contributed by atoms with E-state index in [1.54, 1.807) is 0 Å². The predicted octanol–water partition coefficient (Wildman–Crippen LogP) is 1.000. The molecule has 2 rings (SSSR count). The number of aromatic nitrogens is 2. The Morgan fingerprint density at radius 1 is 1.40 bits per heavy atom. The lowest BCUT2D eigenvalue weighted by Gasteiger charge is -2.13. The van der Waals surface area contributed by atoms with Crippen molar-refractivity contribution in [1.82, 2.24) is 9.97 Å². The molecule has 0 amide bonds. The SMILES string of the molecule is CCc1nc(N)nc2c1C(CCN)CC2. The lowest BCUT2D eigenvalue weighted by atomic mass is 9.96. The Bertz CT molecular complexity index is 362. The van der Waals surface area contributed by atoms with E-state index in [-0.39, 0.29) is 0 Å². The highest BCUT2D eigenvalue weighted by molar-refractivity contribution is 5.38. The molecule has 15 heavy (non-hydrogen) atoms. The summed E-state index contributed by atoms with van der Waals surface area (Å²) in [5, 5.41) is 0. The molecule has 1 aromatic heterocycles. The summed E-state index contributed by atoms with van der Waals surface area (Å²) < 4.78 is 0. The fraction of sp³-hybridized carbons (Fsp3) is 0.636. The number of anilines is 1. The fourth-order valence-corrected chi connectivity index (χ4v) is 2.47. The Morgan fingerprint density at radius 2 is 2.20 bits per heavy atom. The van der Waals surface area contributed by atoms with Crippen molar-refractivity contribution >= 4 is 5.95 Å². The van der Waals surface area contributed by atoms with Gasteiger partial charge in [-0.05, 0) is 43.7 Å². The summed E-state index contributed by atoms with van der Waals surface area (Å²) in [5.74, 6) is 0.972. The molecule has 0 fully saturated rings. The molecule has 1 atom stereocenters. The number of nitrogens with zero attached hydrogens (tertiary/aromatic N) is 2. The van der Waals surface area contributed by atoms with Crippen molar-refractivity contribution < 1.29 is 0 Å². The van der Waals surface area contributed by atoms with E-state index in [9.17, 15) is 0 Å². The van der Waals surface area contributed by atoms with Gasteiger partial charge in [-0.15, -0.1) is 0 Å². The van der Waals surface area contributed by atoms with Crippen LogP contribution in [0, 0.1) is 0 Å². The van der Waals surface area contributed by atoms with Gasteiger partial charge in [-0.25, -0.2) is 9.97 Å². The minimum atomic E-state index is 0.416. The van der Waals surface area contributed by atoms with Crippen LogP contribution in [0.3, 0.4) is 0 Å². The molecule has 4 nitrogen and oxygen atoms in total. The van der Waals surface area contributed by atoms with E-state index in [1.165, 1.54) is 5.56 Å². The third-order valence-corrected chi connectivity index (χ3v) is 3.11. The molecule has 1 heterocycles. The lowest BCUT2D eigenvalue weighted by molar-refractivity contribution is 0.621. The maximum atomic E-state index is 5.68. The van der Waals surface area contributed by atoms with Crippen molar-refractivity contribution in [3.63, 3.8) is 0 Å². The molecule has 1 aliphatic rings. The molecule has 0 aliphatic heterocycles. The van der Waals surface area contributed by atoms with Crippen LogP contribution in [-0.4, -0.2) is 16.5 Å². The van der Waals surface area contributed by atoms with E-state index in [1.807, 2.05) is 0 Å². The second kappa shape index (κ2) is 4.14. The zero-order chi connectivity index (χ0) is 10.8. The van der Waals surface area contributed by atoms with E-state index in [0.29, 0.717) is 11.9 Å². The van der Waals surface area contributed by atoms with E-state index in [0.717, 1.165) is 43.6 Å². The van der Waals surface area contributed by atoms with Gasteiger partial charge in [0.2, 0.25) is 5.95 Å². The second-order valence-electron chi connectivity index (χ2n) is 4.06. The largest absolute Gasteiger partial charge is 0.368 e. The smallest absolute Gasteiger partial charge is 0.220 e. The van der Waals surface area contributed by atoms with Crippen LogP contribution >= 0.6 is 0 Å². The summed E-state index contributed by atoms with van der Waals surface area (Å²) in [6.45, 7) is 2.84. The molecule has 0 radical (unpaired) electrons. The van der Waals surface area contributed by atoms with Crippen molar-refractivity contribution in [3.8, 4) is 0 Å². The van der Waals surface area contributed by atoms with Crippen molar-refractivity contribution in [2.45, 2.75) is 38.5 Å². The Hall–Kier alpha value is -1.16. The number of nitrogens with two attached hydrogens (primary N) is 2. The molecule has 0 saturated heterocycles. The van der Waals surface area contributed by atoms with Crippen LogP contribution in [0.1, 0.15) is 42.6 Å². The van der Waals surface area contributed by atoms with Gasteiger partial charge in [-0.1, -0.05) is 6.92 Å². The van der Waals surface area contributed by atoms with Gasteiger partial charge in [0.1, 0.15) is 0 Å². The Labute approximate surface area is 90.1 Å². The first-order valence-corrected chi connectivity index (χ1v) is 5.61. The minimum absolute atomic E-state index is 0.416. The van der Waals surface area contributed by atoms with Gasteiger partial charge < -0.3 is 11.5 Å². The molecule has 1 unspecified atom stereocenters. The monoisotopic (exact) mass is 206 g/mol. The summed E-state index contributed by atoms with van der Waals surface area (Å²) in [6.07, 6.45) is 4.14. The average Bonchev–Trinajstić information content (AvgIpc) is 2.61. The number of fused-ring (bicyclic) bond motifs is 1. The topological polar surface area (TPSA) is 77.8 Å². The minimum Gasteiger partial charge on any atom is -0.368 e. The normalized spacial score (nSPS) is 19.2. The van der Waals surface area contributed by atoms with Crippen LogP contribution in [0.25, 0.3) is 0 Å². The quantitative estimate of drug-likeness (QED) is 0.773. The molecule has 4 N–H and O–H groups in total. The highest BCUT2D eigenvalue weighted by Crippen LogP contribution is 2.36. The summed E-state index contributed by atoms with van der Waals surface area (Å²) in [6, 6.07) is 0. The highest BCUT2D eigenvalue weighted by Gasteiger charge is 2.26. The third-order valence-electron chi connectivity index (χ3n) is 3.11. The van der Waals surface area contributed by atoms with Gasteiger partial charge >= 0.3 is 0 Å². The Balaban J connectivity index is 2.41. The molecular weight excluding hydrogens is 188 g/mol. The molecule has 0 saturated carbocycles. The number of nitrogen functional groups attached to an aromatic ring is 1. The van der Waals surface area contributed by atoms with Gasteiger partial charge in [-0.2, -0.15) is 0 Å². The van der Waals surface area contributed by atoms with E-state index < -0.39 is 0 Å². The second-order valence-corrected chi connectivity index (χ2v) is 4.06. The zero-order valence-electron chi connectivity index (χ0n) is 9.16. The fourth-order valence-electron chi connectivity index (χ4n) is 2.47. The van der Waals surface area contributed by atoms with Crippen LogP contribution in [0.15, 0.2) is 0 Å². The van der Waals surface area contributed by atoms with Gasteiger partial charge in [0.25, 0.3) is 0 Å². The molecule has 0 aromatic carbocycles. The number of hydrogen-bond donors (Lipinski definition) is 2.